The summed E-state index contributed by atoms with van der Waals surface area (Å²) in [6, 6.07) is 6.74. The summed E-state index contributed by atoms with van der Waals surface area (Å²) in [6.07, 6.45) is 1.68. The molecule has 1 fully saturated rings. The fraction of sp³-hybridized carbons (Fsp3) is 0.364. The lowest BCUT2D eigenvalue weighted by atomic mass is 10.3. The molecule has 1 aromatic carbocycles. The third-order valence-corrected chi connectivity index (χ3v) is 2.54. The second-order valence-electron chi connectivity index (χ2n) is 3.61. The number of nitrogens with one attached hydrogen (secondary N) is 2. The first kappa shape index (κ1) is 11.2. The van der Waals surface area contributed by atoms with E-state index in [0.29, 0.717) is 17.3 Å². The number of benzene rings is 1. The van der Waals surface area contributed by atoms with Gasteiger partial charge in [0.1, 0.15) is 6.23 Å². The number of amides is 2. The Kier molecular flexibility index (Phi) is 3.64. The van der Waals surface area contributed by atoms with Gasteiger partial charge in [0.15, 0.2) is 0 Å². The van der Waals surface area contributed by atoms with Gasteiger partial charge in [-0.15, -0.1) is 0 Å². The predicted molar refractivity (Wildman–Crippen MR) is 62.6 cm³/mol. The Hall–Kier alpha value is -1.26. The minimum Gasteiger partial charge on any atom is -0.358 e. The van der Waals surface area contributed by atoms with Crippen molar-refractivity contribution >= 4 is 23.3 Å². The van der Waals surface area contributed by atoms with E-state index in [1.54, 1.807) is 24.3 Å². The molecule has 2 rings (SSSR count). The first-order valence-corrected chi connectivity index (χ1v) is 5.56. The molecule has 1 aromatic rings. The summed E-state index contributed by atoms with van der Waals surface area (Å²) in [5.74, 6) is 0. The van der Waals surface area contributed by atoms with E-state index in [1.807, 2.05) is 0 Å². The van der Waals surface area contributed by atoms with E-state index in [-0.39, 0.29) is 12.3 Å². The van der Waals surface area contributed by atoms with E-state index >= 15 is 0 Å². The summed E-state index contributed by atoms with van der Waals surface area (Å²) in [5, 5.41) is 6.02. The zero-order valence-electron chi connectivity index (χ0n) is 8.70. The summed E-state index contributed by atoms with van der Waals surface area (Å²) in [7, 11) is 0. The number of carbonyl (C=O) groups excluding carboxylic acids is 1. The van der Waals surface area contributed by atoms with E-state index in [4.69, 9.17) is 16.3 Å². The molecule has 4 nitrogen and oxygen atoms in total. The second kappa shape index (κ2) is 5.18. The van der Waals surface area contributed by atoms with Crippen molar-refractivity contribution < 1.29 is 9.53 Å². The normalized spacial score (nSPS) is 19.4. The van der Waals surface area contributed by atoms with Gasteiger partial charge in [-0.1, -0.05) is 17.7 Å². The molecule has 1 aliphatic rings. The van der Waals surface area contributed by atoms with Crippen LogP contribution in [0.4, 0.5) is 10.5 Å². The highest BCUT2D eigenvalue weighted by atomic mass is 35.5. The SMILES string of the molecule is O=C(Nc1cccc(Cl)c1)NC1CCCO1. The van der Waals surface area contributed by atoms with Gasteiger partial charge in [-0.05, 0) is 31.0 Å². The number of halogens is 1. The first-order valence-electron chi connectivity index (χ1n) is 5.19. The number of ether oxygens (including phenoxy) is 1. The Labute approximate surface area is 98.9 Å². The predicted octanol–water partition coefficient (Wildman–Crippen LogP) is 2.60. The molecule has 0 aromatic heterocycles. The Balaban J connectivity index is 1.86. The molecule has 5 heteroatoms. The van der Waals surface area contributed by atoms with Crippen LogP contribution in [-0.2, 0) is 4.74 Å². The van der Waals surface area contributed by atoms with Crippen LogP contribution in [0.5, 0.6) is 0 Å². The molecule has 0 aliphatic carbocycles. The van der Waals surface area contributed by atoms with Gasteiger partial charge in [-0.3, -0.25) is 0 Å². The zero-order chi connectivity index (χ0) is 11.4. The number of hydrogen-bond donors (Lipinski definition) is 2. The van der Waals surface area contributed by atoms with Gasteiger partial charge in [-0.2, -0.15) is 0 Å². The van der Waals surface area contributed by atoms with Gasteiger partial charge < -0.3 is 15.4 Å². The topological polar surface area (TPSA) is 50.4 Å². The molecule has 1 unspecified atom stereocenters. The quantitative estimate of drug-likeness (QED) is 0.835. The number of anilines is 1. The van der Waals surface area contributed by atoms with Crippen LogP contribution in [0.3, 0.4) is 0 Å². The van der Waals surface area contributed by atoms with Crippen LogP contribution in [0, 0.1) is 0 Å². The van der Waals surface area contributed by atoms with Crippen molar-refractivity contribution in [3.8, 4) is 0 Å². The fourth-order valence-corrected chi connectivity index (χ4v) is 1.76. The van der Waals surface area contributed by atoms with E-state index in [2.05, 4.69) is 10.6 Å². The number of rotatable bonds is 2. The smallest absolute Gasteiger partial charge is 0.321 e. The molecular formula is C11H13ClN2O2. The highest BCUT2D eigenvalue weighted by molar-refractivity contribution is 6.30. The van der Waals surface area contributed by atoms with Gasteiger partial charge in [0.05, 0.1) is 0 Å². The summed E-state index contributed by atoms with van der Waals surface area (Å²) in [6.45, 7) is 0.710. The largest absolute Gasteiger partial charge is 0.358 e. The van der Waals surface area contributed by atoms with Crippen LogP contribution in [0.15, 0.2) is 24.3 Å². The zero-order valence-corrected chi connectivity index (χ0v) is 9.46. The van der Waals surface area contributed by atoms with Crippen molar-refractivity contribution in [1.82, 2.24) is 5.32 Å². The lowest BCUT2D eigenvalue weighted by molar-refractivity contribution is 0.0928. The standard InChI is InChI=1S/C11H13ClN2O2/c12-8-3-1-4-9(7-8)13-11(15)14-10-5-2-6-16-10/h1,3-4,7,10H,2,5-6H2,(H2,13,14,15). The van der Waals surface area contributed by atoms with Gasteiger partial charge >= 0.3 is 6.03 Å². The first-order chi connectivity index (χ1) is 7.74. The maximum Gasteiger partial charge on any atom is 0.321 e. The highest BCUT2D eigenvalue weighted by Crippen LogP contribution is 2.15. The van der Waals surface area contributed by atoms with Crippen molar-refractivity contribution in [3.63, 3.8) is 0 Å². The lowest BCUT2D eigenvalue weighted by Gasteiger charge is -2.12. The summed E-state index contributed by atoms with van der Waals surface area (Å²) in [4.78, 5) is 11.5. The molecule has 1 atom stereocenters. The minimum atomic E-state index is -0.269. The van der Waals surface area contributed by atoms with Crippen molar-refractivity contribution in [1.29, 1.82) is 0 Å². The van der Waals surface area contributed by atoms with Gasteiger partial charge in [0.25, 0.3) is 0 Å². The molecule has 86 valence electrons. The third-order valence-electron chi connectivity index (χ3n) is 2.30. The van der Waals surface area contributed by atoms with E-state index < -0.39 is 0 Å². The highest BCUT2D eigenvalue weighted by Gasteiger charge is 2.17. The Morgan fingerprint density at radius 3 is 3.06 bits per heavy atom. The average Bonchev–Trinajstić information content (AvgIpc) is 2.70. The van der Waals surface area contributed by atoms with Crippen LogP contribution in [0.2, 0.25) is 5.02 Å². The molecule has 1 heterocycles. The van der Waals surface area contributed by atoms with Gasteiger partial charge in [-0.25, -0.2) is 4.79 Å². The van der Waals surface area contributed by atoms with E-state index in [9.17, 15) is 4.79 Å². The maximum atomic E-state index is 11.5. The maximum absolute atomic E-state index is 11.5. The fourth-order valence-electron chi connectivity index (χ4n) is 1.57. The lowest BCUT2D eigenvalue weighted by Crippen LogP contribution is -2.37. The Morgan fingerprint density at radius 1 is 1.50 bits per heavy atom. The van der Waals surface area contributed by atoms with Gasteiger partial charge in [0.2, 0.25) is 0 Å². The van der Waals surface area contributed by atoms with Crippen molar-refractivity contribution in [2.24, 2.45) is 0 Å². The van der Waals surface area contributed by atoms with Crippen molar-refractivity contribution in [3.05, 3.63) is 29.3 Å². The molecule has 2 N–H and O–H groups in total. The van der Waals surface area contributed by atoms with Crippen molar-refractivity contribution in [2.45, 2.75) is 19.1 Å². The molecule has 1 aliphatic heterocycles. The Morgan fingerprint density at radius 2 is 2.38 bits per heavy atom. The molecule has 1 saturated heterocycles. The van der Waals surface area contributed by atoms with Gasteiger partial charge in [0, 0.05) is 17.3 Å². The number of urea groups is 1. The number of hydrogen-bond acceptors (Lipinski definition) is 2. The van der Waals surface area contributed by atoms with E-state index in [1.165, 1.54) is 0 Å². The van der Waals surface area contributed by atoms with Crippen LogP contribution in [-0.4, -0.2) is 18.9 Å². The van der Waals surface area contributed by atoms with Crippen LogP contribution in [0.25, 0.3) is 0 Å². The molecule has 16 heavy (non-hydrogen) atoms. The minimum absolute atomic E-state index is 0.167. The molecule has 0 saturated carbocycles. The molecular weight excluding hydrogens is 228 g/mol. The van der Waals surface area contributed by atoms with Crippen LogP contribution >= 0.6 is 11.6 Å². The molecule has 0 bridgehead atoms. The molecule has 0 spiro atoms. The van der Waals surface area contributed by atoms with Crippen molar-refractivity contribution in [2.75, 3.05) is 11.9 Å². The second-order valence-corrected chi connectivity index (χ2v) is 4.05. The summed E-state index contributed by atoms with van der Waals surface area (Å²) < 4.78 is 5.29. The summed E-state index contributed by atoms with van der Waals surface area (Å²) in [5.41, 5.74) is 0.669. The monoisotopic (exact) mass is 240 g/mol. The molecule has 0 radical (unpaired) electrons. The number of carbonyl (C=O) groups is 1. The third kappa shape index (κ3) is 3.12. The van der Waals surface area contributed by atoms with Crippen LogP contribution in [0.1, 0.15) is 12.8 Å². The van der Waals surface area contributed by atoms with Crippen LogP contribution < -0.4 is 10.6 Å². The summed E-state index contributed by atoms with van der Waals surface area (Å²) >= 11 is 5.80. The Bertz CT molecular complexity index is 378. The van der Waals surface area contributed by atoms with E-state index in [0.717, 1.165) is 12.8 Å². The average molecular weight is 241 g/mol. The molecule has 2 amide bonds.